The predicted octanol–water partition coefficient (Wildman–Crippen LogP) is 1.60. The molecule has 120 valence electrons. The second-order valence-corrected chi connectivity index (χ2v) is 6.74. The Morgan fingerprint density at radius 2 is 2.23 bits per heavy atom. The van der Waals surface area contributed by atoms with E-state index in [1.165, 1.54) is 12.5 Å². The molecule has 0 aromatic carbocycles. The van der Waals surface area contributed by atoms with Crippen LogP contribution in [0, 0.1) is 5.92 Å². The molecule has 0 unspecified atom stereocenters. The van der Waals surface area contributed by atoms with Crippen LogP contribution >= 0.6 is 0 Å². The molecular formula is C16H24N4O2. The van der Waals surface area contributed by atoms with E-state index in [4.69, 9.17) is 5.73 Å². The molecular weight excluding hydrogens is 280 g/mol. The fourth-order valence-electron chi connectivity index (χ4n) is 4.07. The summed E-state index contributed by atoms with van der Waals surface area (Å²) in [4.78, 5) is 22.5. The van der Waals surface area contributed by atoms with Gasteiger partial charge < -0.3 is 15.7 Å². The van der Waals surface area contributed by atoms with Gasteiger partial charge in [0, 0.05) is 24.7 Å². The Bertz CT molecular complexity index is 561. The van der Waals surface area contributed by atoms with Crippen LogP contribution in [0.2, 0.25) is 0 Å². The normalized spacial score (nSPS) is 32.2. The third kappa shape index (κ3) is 2.67. The number of rotatable bonds is 2. The highest BCUT2D eigenvalue weighted by atomic mass is 16.3. The molecule has 1 aliphatic heterocycles. The van der Waals surface area contributed by atoms with Gasteiger partial charge in [0.2, 0.25) is 0 Å². The summed E-state index contributed by atoms with van der Waals surface area (Å²) in [6, 6.07) is 0.0856. The molecule has 22 heavy (non-hydrogen) atoms. The highest BCUT2D eigenvalue weighted by molar-refractivity contribution is 5.98. The molecule has 3 rings (SSSR count). The number of amides is 1. The lowest BCUT2D eigenvalue weighted by molar-refractivity contribution is -0.0577. The molecule has 0 bridgehead atoms. The second-order valence-electron chi connectivity index (χ2n) is 6.74. The summed E-state index contributed by atoms with van der Waals surface area (Å²) in [5, 5.41) is 10.7. The zero-order valence-corrected chi connectivity index (χ0v) is 13.0. The molecule has 1 aromatic rings. The number of hydrogen-bond acceptors (Lipinski definition) is 5. The van der Waals surface area contributed by atoms with E-state index in [2.05, 4.69) is 9.97 Å². The number of aliphatic hydroxyl groups is 1. The van der Waals surface area contributed by atoms with Crippen molar-refractivity contribution in [3.05, 3.63) is 18.1 Å². The summed E-state index contributed by atoms with van der Waals surface area (Å²) in [5.74, 6) is 0.251. The zero-order chi connectivity index (χ0) is 15.7. The van der Waals surface area contributed by atoms with Crippen molar-refractivity contribution in [1.29, 1.82) is 0 Å². The van der Waals surface area contributed by atoms with Gasteiger partial charge in [0.1, 0.15) is 17.7 Å². The maximum absolute atomic E-state index is 12.8. The fraction of sp³-hybridized carbons (Fsp3) is 0.688. The molecule has 1 amide bonds. The minimum atomic E-state index is -0.690. The van der Waals surface area contributed by atoms with Crippen molar-refractivity contribution in [1.82, 2.24) is 14.9 Å². The quantitative estimate of drug-likeness (QED) is 0.866. The summed E-state index contributed by atoms with van der Waals surface area (Å²) >= 11 is 0. The Morgan fingerprint density at radius 1 is 1.41 bits per heavy atom. The average Bonchev–Trinajstić information content (AvgIpc) is 2.95. The molecule has 1 saturated heterocycles. The van der Waals surface area contributed by atoms with Gasteiger partial charge in [-0.15, -0.1) is 0 Å². The molecule has 0 radical (unpaired) electrons. The Kier molecular flexibility index (Phi) is 4.04. The zero-order valence-electron chi connectivity index (χ0n) is 13.0. The fourth-order valence-corrected chi connectivity index (χ4v) is 4.07. The smallest absolute Gasteiger partial charge is 0.259 e. The maximum Gasteiger partial charge on any atom is 0.259 e. The lowest BCUT2D eigenvalue weighted by Crippen LogP contribution is -2.50. The van der Waals surface area contributed by atoms with E-state index in [1.807, 2.05) is 11.8 Å². The van der Waals surface area contributed by atoms with Crippen molar-refractivity contribution >= 4 is 11.7 Å². The van der Waals surface area contributed by atoms with Gasteiger partial charge in [-0.25, -0.2) is 9.97 Å². The third-order valence-electron chi connectivity index (χ3n) is 5.24. The van der Waals surface area contributed by atoms with Gasteiger partial charge in [-0.2, -0.15) is 0 Å². The number of hydrogen-bond donors (Lipinski definition) is 2. The Morgan fingerprint density at radius 3 is 2.95 bits per heavy atom. The van der Waals surface area contributed by atoms with Gasteiger partial charge in [0.05, 0.1) is 5.60 Å². The van der Waals surface area contributed by atoms with Crippen molar-refractivity contribution in [3.63, 3.8) is 0 Å². The summed E-state index contributed by atoms with van der Waals surface area (Å²) < 4.78 is 0. The first-order chi connectivity index (χ1) is 10.5. The van der Waals surface area contributed by atoms with Gasteiger partial charge in [0.25, 0.3) is 5.91 Å². The highest BCUT2D eigenvalue weighted by Gasteiger charge is 2.45. The summed E-state index contributed by atoms with van der Waals surface area (Å²) in [6.45, 7) is 2.63. The third-order valence-corrected chi connectivity index (χ3v) is 5.24. The van der Waals surface area contributed by atoms with Gasteiger partial charge in [-0.1, -0.05) is 12.8 Å². The minimum absolute atomic E-state index is 0.0856. The highest BCUT2D eigenvalue weighted by Crippen LogP contribution is 2.41. The number of aromatic nitrogens is 2. The van der Waals surface area contributed by atoms with Gasteiger partial charge >= 0.3 is 0 Å². The van der Waals surface area contributed by atoms with Crippen LogP contribution in [0.15, 0.2) is 12.5 Å². The summed E-state index contributed by atoms with van der Waals surface area (Å²) in [5.41, 5.74) is 5.49. The van der Waals surface area contributed by atoms with Crippen LogP contribution < -0.4 is 5.73 Å². The topological polar surface area (TPSA) is 92.3 Å². The number of anilines is 1. The molecule has 6 nitrogen and oxygen atoms in total. The lowest BCUT2D eigenvalue weighted by Gasteiger charge is -2.43. The van der Waals surface area contributed by atoms with E-state index in [0.717, 1.165) is 38.5 Å². The Hall–Kier alpha value is -1.69. The van der Waals surface area contributed by atoms with Crippen LogP contribution in [0.1, 0.15) is 55.8 Å². The van der Waals surface area contributed by atoms with Crippen LogP contribution in [0.3, 0.4) is 0 Å². The number of carbonyl (C=O) groups excluding carboxylic acids is 1. The van der Waals surface area contributed by atoms with Crippen molar-refractivity contribution < 1.29 is 9.90 Å². The SMILES string of the molecule is C[C@]1(O)CCCC[C@H]1[C@@H]1CCCN1C(=O)c1cncnc1N. The van der Waals surface area contributed by atoms with Gasteiger partial charge in [-0.3, -0.25) is 4.79 Å². The predicted molar refractivity (Wildman–Crippen MR) is 83.1 cm³/mol. The van der Waals surface area contributed by atoms with Crippen LogP contribution in [0.25, 0.3) is 0 Å². The minimum Gasteiger partial charge on any atom is -0.390 e. The van der Waals surface area contributed by atoms with E-state index in [-0.39, 0.29) is 23.7 Å². The Balaban J connectivity index is 1.84. The molecule has 1 aromatic heterocycles. The van der Waals surface area contributed by atoms with Crippen molar-refractivity contribution in [2.45, 2.75) is 57.1 Å². The number of likely N-dealkylation sites (tertiary alicyclic amines) is 1. The monoisotopic (exact) mass is 304 g/mol. The van der Waals surface area contributed by atoms with Gasteiger partial charge in [-0.05, 0) is 32.6 Å². The van der Waals surface area contributed by atoms with E-state index in [9.17, 15) is 9.90 Å². The second kappa shape index (κ2) is 5.83. The summed E-state index contributed by atoms with van der Waals surface area (Å²) in [7, 11) is 0. The first kappa shape index (κ1) is 15.2. The van der Waals surface area contributed by atoms with Crippen LogP contribution in [0.4, 0.5) is 5.82 Å². The van der Waals surface area contributed by atoms with Gasteiger partial charge in [0.15, 0.2) is 0 Å². The maximum atomic E-state index is 12.8. The number of carbonyl (C=O) groups is 1. The first-order valence-electron chi connectivity index (χ1n) is 8.09. The van der Waals surface area contributed by atoms with Crippen LogP contribution in [0.5, 0.6) is 0 Å². The van der Waals surface area contributed by atoms with Crippen molar-refractivity contribution in [2.24, 2.45) is 5.92 Å². The van der Waals surface area contributed by atoms with E-state index in [1.54, 1.807) is 0 Å². The first-order valence-corrected chi connectivity index (χ1v) is 8.09. The molecule has 0 spiro atoms. The van der Waals surface area contributed by atoms with Crippen molar-refractivity contribution in [2.75, 3.05) is 12.3 Å². The van der Waals surface area contributed by atoms with Crippen molar-refractivity contribution in [3.8, 4) is 0 Å². The number of nitrogen functional groups attached to an aromatic ring is 1. The van der Waals surface area contributed by atoms with E-state index in [0.29, 0.717) is 12.1 Å². The standard InChI is InChI=1S/C16H24N4O2/c1-16(22)7-3-2-5-12(16)13-6-4-8-20(13)15(21)11-9-18-10-19-14(11)17/h9-10,12-13,22H,2-8H2,1H3,(H2,17,18,19)/t12-,13-,16-/m0/s1. The lowest BCUT2D eigenvalue weighted by atomic mass is 9.72. The largest absolute Gasteiger partial charge is 0.390 e. The number of nitrogens with zero attached hydrogens (tertiary/aromatic N) is 3. The number of nitrogens with two attached hydrogens (primary N) is 1. The molecule has 2 fully saturated rings. The molecule has 2 aliphatic rings. The average molecular weight is 304 g/mol. The summed E-state index contributed by atoms with van der Waals surface area (Å²) in [6.07, 6.45) is 8.71. The van der Waals surface area contributed by atoms with E-state index >= 15 is 0 Å². The van der Waals surface area contributed by atoms with Crippen LogP contribution in [-0.2, 0) is 0 Å². The molecule has 1 saturated carbocycles. The molecule has 1 aliphatic carbocycles. The Labute approximate surface area is 130 Å². The molecule has 2 heterocycles. The van der Waals surface area contributed by atoms with Crippen LogP contribution in [-0.4, -0.2) is 44.1 Å². The molecule has 6 heteroatoms. The molecule has 3 atom stereocenters. The molecule has 3 N–H and O–H groups in total. The van der Waals surface area contributed by atoms with E-state index < -0.39 is 5.60 Å².